The van der Waals surface area contributed by atoms with Gasteiger partial charge in [0.1, 0.15) is 17.3 Å². The van der Waals surface area contributed by atoms with E-state index in [2.05, 4.69) is 14.9 Å². The Bertz CT molecular complexity index is 712. The molecule has 0 atom stereocenters. The predicted molar refractivity (Wildman–Crippen MR) is 87.5 cm³/mol. The molecule has 1 amide bonds. The average Bonchev–Trinajstić information content (AvgIpc) is 2.84. The Labute approximate surface area is 135 Å². The van der Waals surface area contributed by atoms with Gasteiger partial charge in [-0.1, -0.05) is 0 Å². The van der Waals surface area contributed by atoms with Crippen LogP contribution >= 0.6 is 0 Å². The highest BCUT2D eigenvalue weighted by Gasteiger charge is 2.25. The fourth-order valence-electron chi connectivity index (χ4n) is 2.89. The van der Waals surface area contributed by atoms with E-state index >= 15 is 0 Å². The largest absolute Gasteiger partial charge is 0.466 e. The average molecular weight is 315 g/mol. The topological polar surface area (TPSA) is 88.5 Å². The van der Waals surface area contributed by atoms with E-state index in [0.717, 1.165) is 30.4 Å². The number of amides is 1. The van der Waals surface area contributed by atoms with Gasteiger partial charge in [-0.15, -0.1) is 0 Å². The van der Waals surface area contributed by atoms with E-state index in [1.54, 1.807) is 6.07 Å². The molecule has 3 rings (SSSR count). The lowest BCUT2D eigenvalue weighted by Crippen LogP contribution is -2.49. The van der Waals surface area contributed by atoms with Gasteiger partial charge in [0.2, 0.25) is 5.95 Å². The van der Waals surface area contributed by atoms with Crippen LogP contribution in [0.4, 0.5) is 11.8 Å². The molecule has 7 nitrogen and oxygen atoms in total. The third-order valence-corrected chi connectivity index (χ3v) is 4.02. The summed E-state index contributed by atoms with van der Waals surface area (Å²) in [6.45, 7) is 8.30. The van der Waals surface area contributed by atoms with Gasteiger partial charge in [0.15, 0.2) is 0 Å². The van der Waals surface area contributed by atoms with Crippen molar-refractivity contribution in [2.24, 2.45) is 0 Å². The first-order valence-corrected chi connectivity index (χ1v) is 7.66. The number of furan rings is 1. The molecule has 1 aliphatic rings. The van der Waals surface area contributed by atoms with Gasteiger partial charge in [-0.3, -0.25) is 4.79 Å². The van der Waals surface area contributed by atoms with E-state index in [0.29, 0.717) is 24.4 Å². The van der Waals surface area contributed by atoms with Crippen LogP contribution in [0.3, 0.4) is 0 Å². The quantitative estimate of drug-likeness (QED) is 0.904. The molecule has 122 valence electrons. The molecular weight excluding hydrogens is 294 g/mol. The normalized spacial score (nSPS) is 15.1. The summed E-state index contributed by atoms with van der Waals surface area (Å²) in [6, 6.07) is 3.72. The molecule has 0 bridgehead atoms. The number of nitrogens with zero attached hydrogens (tertiary/aromatic N) is 4. The molecule has 7 heteroatoms. The molecule has 1 saturated heterocycles. The monoisotopic (exact) mass is 315 g/mol. The number of aromatic nitrogens is 2. The Morgan fingerprint density at radius 2 is 1.83 bits per heavy atom. The second-order valence-corrected chi connectivity index (χ2v) is 5.83. The molecule has 0 aliphatic carbocycles. The van der Waals surface area contributed by atoms with Gasteiger partial charge < -0.3 is 20.0 Å². The minimum Gasteiger partial charge on any atom is -0.466 e. The summed E-state index contributed by atoms with van der Waals surface area (Å²) >= 11 is 0. The summed E-state index contributed by atoms with van der Waals surface area (Å²) in [7, 11) is 0. The first kappa shape index (κ1) is 15.3. The van der Waals surface area contributed by atoms with Crippen LogP contribution in [-0.2, 0) is 0 Å². The third-order valence-electron chi connectivity index (χ3n) is 4.02. The van der Waals surface area contributed by atoms with Crippen LogP contribution in [-0.4, -0.2) is 47.0 Å². The molecule has 2 N–H and O–H groups in total. The van der Waals surface area contributed by atoms with Crippen LogP contribution in [0, 0.1) is 20.8 Å². The highest BCUT2D eigenvalue weighted by Crippen LogP contribution is 2.19. The first-order chi connectivity index (χ1) is 10.9. The van der Waals surface area contributed by atoms with E-state index in [4.69, 9.17) is 10.2 Å². The fourth-order valence-corrected chi connectivity index (χ4v) is 2.89. The zero-order valence-electron chi connectivity index (χ0n) is 13.7. The summed E-state index contributed by atoms with van der Waals surface area (Å²) in [5, 5.41) is 0. The van der Waals surface area contributed by atoms with Crippen molar-refractivity contribution < 1.29 is 9.21 Å². The van der Waals surface area contributed by atoms with Crippen molar-refractivity contribution in [3.63, 3.8) is 0 Å². The molecule has 23 heavy (non-hydrogen) atoms. The molecule has 0 spiro atoms. The second kappa shape index (κ2) is 5.91. The Balaban J connectivity index is 1.68. The maximum absolute atomic E-state index is 12.6. The zero-order valence-corrected chi connectivity index (χ0v) is 13.7. The standard InChI is InChI=1S/C16H21N5O2/c1-10-8-14(19-16(17)18-10)20-4-6-21(7-5-20)15(22)13-9-11(2)23-12(13)3/h8-9H,4-7H2,1-3H3,(H2,17,18,19). The number of hydrogen-bond donors (Lipinski definition) is 1. The first-order valence-electron chi connectivity index (χ1n) is 7.66. The molecule has 0 unspecified atom stereocenters. The Kier molecular flexibility index (Phi) is 3.94. The maximum atomic E-state index is 12.6. The molecule has 0 radical (unpaired) electrons. The van der Waals surface area contributed by atoms with Gasteiger partial charge in [-0.05, 0) is 26.8 Å². The van der Waals surface area contributed by atoms with Crippen molar-refractivity contribution in [2.75, 3.05) is 36.8 Å². The SMILES string of the molecule is Cc1cc(N2CCN(C(=O)c3cc(C)oc3C)CC2)nc(N)n1. The van der Waals surface area contributed by atoms with E-state index in [1.165, 1.54) is 0 Å². The number of nitrogen functional groups attached to an aromatic ring is 1. The molecule has 0 aromatic carbocycles. The summed E-state index contributed by atoms with van der Waals surface area (Å²) < 4.78 is 5.45. The van der Waals surface area contributed by atoms with Crippen LogP contribution < -0.4 is 10.6 Å². The van der Waals surface area contributed by atoms with E-state index in [-0.39, 0.29) is 11.9 Å². The van der Waals surface area contributed by atoms with Crippen LogP contribution in [0.5, 0.6) is 0 Å². The van der Waals surface area contributed by atoms with Crippen LogP contribution in [0.25, 0.3) is 0 Å². The summed E-state index contributed by atoms with van der Waals surface area (Å²) in [5.41, 5.74) is 7.21. The van der Waals surface area contributed by atoms with Crippen molar-refractivity contribution in [2.45, 2.75) is 20.8 Å². The third kappa shape index (κ3) is 3.13. The molecule has 1 aliphatic heterocycles. The van der Waals surface area contributed by atoms with Crippen molar-refractivity contribution in [1.29, 1.82) is 0 Å². The Hall–Kier alpha value is -2.57. The van der Waals surface area contributed by atoms with Gasteiger partial charge in [0.05, 0.1) is 5.56 Å². The maximum Gasteiger partial charge on any atom is 0.257 e. The number of rotatable bonds is 2. The van der Waals surface area contributed by atoms with Crippen LogP contribution in [0.2, 0.25) is 0 Å². The van der Waals surface area contributed by atoms with Gasteiger partial charge in [0.25, 0.3) is 5.91 Å². The summed E-state index contributed by atoms with van der Waals surface area (Å²) in [6.07, 6.45) is 0. The highest BCUT2D eigenvalue weighted by molar-refractivity contribution is 5.95. The second-order valence-electron chi connectivity index (χ2n) is 5.83. The van der Waals surface area contributed by atoms with E-state index in [1.807, 2.05) is 31.7 Å². The number of nitrogens with two attached hydrogens (primary N) is 1. The van der Waals surface area contributed by atoms with Crippen molar-refractivity contribution >= 4 is 17.7 Å². The van der Waals surface area contributed by atoms with Gasteiger partial charge in [-0.25, -0.2) is 4.98 Å². The van der Waals surface area contributed by atoms with Crippen molar-refractivity contribution in [1.82, 2.24) is 14.9 Å². The van der Waals surface area contributed by atoms with E-state index in [9.17, 15) is 4.79 Å². The van der Waals surface area contributed by atoms with Gasteiger partial charge >= 0.3 is 0 Å². The van der Waals surface area contributed by atoms with Crippen LogP contribution in [0.15, 0.2) is 16.5 Å². The fraction of sp³-hybridized carbons (Fsp3) is 0.438. The molecule has 3 heterocycles. The lowest BCUT2D eigenvalue weighted by molar-refractivity contribution is 0.0744. The molecular formula is C16H21N5O2. The van der Waals surface area contributed by atoms with Crippen LogP contribution in [0.1, 0.15) is 27.6 Å². The number of hydrogen-bond acceptors (Lipinski definition) is 6. The molecule has 0 saturated carbocycles. The smallest absolute Gasteiger partial charge is 0.257 e. The minimum atomic E-state index is 0.0254. The lowest BCUT2D eigenvalue weighted by atomic mass is 10.2. The summed E-state index contributed by atoms with van der Waals surface area (Å²) in [4.78, 5) is 24.9. The molecule has 2 aromatic heterocycles. The summed E-state index contributed by atoms with van der Waals surface area (Å²) in [5.74, 6) is 2.56. The molecule has 2 aromatic rings. The highest BCUT2D eigenvalue weighted by atomic mass is 16.3. The lowest BCUT2D eigenvalue weighted by Gasteiger charge is -2.35. The number of anilines is 2. The number of carbonyl (C=O) groups excluding carboxylic acids is 1. The molecule has 1 fully saturated rings. The zero-order chi connectivity index (χ0) is 16.6. The van der Waals surface area contributed by atoms with E-state index < -0.39 is 0 Å². The number of piperazine rings is 1. The number of aryl methyl sites for hydroxylation is 3. The Morgan fingerprint density at radius 3 is 2.39 bits per heavy atom. The van der Waals surface area contributed by atoms with Gasteiger partial charge in [-0.2, -0.15) is 4.98 Å². The Morgan fingerprint density at radius 1 is 1.13 bits per heavy atom. The van der Waals surface area contributed by atoms with Crippen molar-refractivity contribution in [3.05, 3.63) is 34.9 Å². The van der Waals surface area contributed by atoms with Crippen molar-refractivity contribution in [3.8, 4) is 0 Å². The van der Waals surface area contributed by atoms with Gasteiger partial charge in [0, 0.05) is 37.9 Å². The predicted octanol–water partition coefficient (Wildman–Crippen LogP) is 1.54. The number of carbonyl (C=O) groups is 1. The minimum absolute atomic E-state index is 0.0254.